The molecule has 1 aromatic heterocycles. The molecule has 0 aliphatic heterocycles. The van der Waals surface area contributed by atoms with Crippen LogP contribution >= 0.6 is 0 Å². The van der Waals surface area contributed by atoms with E-state index in [0.29, 0.717) is 23.9 Å². The second kappa shape index (κ2) is 8.75. The first-order valence-electron chi connectivity index (χ1n) is 8.63. The maximum atomic E-state index is 11.5. The van der Waals surface area contributed by atoms with Crippen molar-refractivity contribution in [2.24, 2.45) is 0 Å². The lowest BCUT2D eigenvalue weighted by Crippen LogP contribution is -2.24. The topological polar surface area (TPSA) is 80.2 Å². The number of rotatable bonds is 7. The van der Waals surface area contributed by atoms with Crippen molar-refractivity contribution in [1.29, 1.82) is 0 Å². The molecule has 7 heteroatoms. The van der Waals surface area contributed by atoms with Crippen molar-refractivity contribution in [3.05, 3.63) is 71.9 Å². The Morgan fingerprint density at radius 1 is 1.11 bits per heavy atom. The van der Waals surface area contributed by atoms with Crippen molar-refractivity contribution in [3.8, 4) is 0 Å². The molecule has 0 radical (unpaired) electrons. The first-order chi connectivity index (χ1) is 13.2. The summed E-state index contributed by atoms with van der Waals surface area (Å²) in [4.78, 5) is 18.1. The summed E-state index contributed by atoms with van der Waals surface area (Å²) in [6.07, 6.45) is 1.56. The molecule has 0 spiro atoms. The summed E-state index contributed by atoms with van der Waals surface area (Å²) in [5.41, 5.74) is 2.46. The molecule has 2 aromatic carbocycles. The highest BCUT2D eigenvalue weighted by Gasteiger charge is 2.11. The number of methoxy groups -OCH3 is 1. The first kappa shape index (κ1) is 18.3. The van der Waals surface area contributed by atoms with Crippen molar-refractivity contribution >= 4 is 23.4 Å². The average molecular weight is 363 g/mol. The first-order valence-corrected chi connectivity index (χ1v) is 8.63. The second-order valence-corrected chi connectivity index (χ2v) is 5.84. The third-order valence-electron chi connectivity index (χ3n) is 4.01. The Morgan fingerprint density at radius 3 is 2.52 bits per heavy atom. The highest BCUT2D eigenvalue weighted by Crippen LogP contribution is 2.18. The number of hydrogen-bond acceptors (Lipinski definition) is 7. The van der Waals surface area contributed by atoms with Crippen LogP contribution in [0.5, 0.6) is 0 Å². The van der Waals surface area contributed by atoms with E-state index in [-0.39, 0.29) is 5.97 Å². The van der Waals surface area contributed by atoms with Crippen LogP contribution in [0.25, 0.3) is 0 Å². The lowest BCUT2D eigenvalue weighted by molar-refractivity contribution is 0.0601. The molecule has 0 bridgehead atoms. The van der Waals surface area contributed by atoms with Crippen LogP contribution in [0, 0.1) is 0 Å². The Labute approximate surface area is 158 Å². The van der Waals surface area contributed by atoms with E-state index in [1.165, 1.54) is 12.7 Å². The number of benzene rings is 2. The van der Waals surface area contributed by atoms with Crippen molar-refractivity contribution in [3.63, 3.8) is 0 Å². The number of carbonyl (C=O) groups excluding carboxylic acids is 1. The van der Waals surface area contributed by atoms with Gasteiger partial charge in [-0.25, -0.2) is 4.79 Å². The minimum atomic E-state index is -0.368. The molecule has 0 aliphatic rings. The summed E-state index contributed by atoms with van der Waals surface area (Å²) in [6.45, 7) is 3.52. The number of esters is 1. The van der Waals surface area contributed by atoms with E-state index in [9.17, 15) is 4.79 Å². The minimum Gasteiger partial charge on any atom is -0.465 e. The number of anilines is 3. The predicted octanol–water partition coefficient (Wildman–Crippen LogP) is 3.43. The van der Waals surface area contributed by atoms with E-state index >= 15 is 0 Å². The Morgan fingerprint density at radius 2 is 1.85 bits per heavy atom. The molecule has 0 saturated carbocycles. The van der Waals surface area contributed by atoms with Crippen LogP contribution in [-0.4, -0.2) is 34.8 Å². The van der Waals surface area contributed by atoms with Gasteiger partial charge >= 0.3 is 5.97 Å². The zero-order chi connectivity index (χ0) is 19.1. The molecular weight excluding hydrogens is 342 g/mol. The van der Waals surface area contributed by atoms with Gasteiger partial charge in [-0.1, -0.05) is 30.3 Å². The number of carbonyl (C=O) groups is 1. The lowest BCUT2D eigenvalue weighted by Gasteiger charge is -2.20. The summed E-state index contributed by atoms with van der Waals surface area (Å²) < 4.78 is 4.70. The van der Waals surface area contributed by atoms with Crippen LogP contribution < -0.4 is 10.2 Å². The van der Waals surface area contributed by atoms with Gasteiger partial charge in [0.1, 0.15) is 0 Å². The average Bonchev–Trinajstić information content (AvgIpc) is 2.73. The maximum absolute atomic E-state index is 11.5. The fraction of sp³-hybridized carbons (Fsp3) is 0.200. The van der Waals surface area contributed by atoms with Gasteiger partial charge in [-0.05, 0) is 36.8 Å². The van der Waals surface area contributed by atoms with Crippen LogP contribution in [0.15, 0.2) is 60.8 Å². The quantitative estimate of drug-likeness (QED) is 0.644. The van der Waals surface area contributed by atoms with Gasteiger partial charge in [0, 0.05) is 18.8 Å². The second-order valence-electron chi connectivity index (χ2n) is 5.84. The molecule has 0 amide bonds. The molecule has 27 heavy (non-hydrogen) atoms. The number of aromatic nitrogens is 3. The molecule has 0 saturated heterocycles. The fourth-order valence-corrected chi connectivity index (χ4v) is 2.57. The summed E-state index contributed by atoms with van der Waals surface area (Å²) in [5.74, 6) is 0.766. The highest BCUT2D eigenvalue weighted by molar-refractivity contribution is 5.89. The van der Waals surface area contributed by atoms with Gasteiger partial charge in [-0.3, -0.25) is 0 Å². The van der Waals surface area contributed by atoms with E-state index in [0.717, 1.165) is 12.2 Å². The number of ether oxygens (including phenoxy) is 1. The number of nitrogens with zero attached hydrogens (tertiary/aromatic N) is 4. The van der Waals surface area contributed by atoms with Gasteiger partial charge < -0.3 is 15.0 Å². The molecule has 0 aliphatic carbocycles. The van der Waals surface area contributed by atoms with Gasteiger partial charge in [0.25, 0.3) is 0 Å². The molecule has 0 atom stereocenters. The van der Waals surface area contributed by atoms with E-state index in [2.05, 4.69) is 39.6 Å². The highest BCUT2D eigenvalue weighted by atomic mass is 16.5. The maximum Gasteiger partial charge on any atom is 0.337 e. The summed E-state index contributed by atoms with van der Waals surface area (Å²) in [5, 5.41) is 11.4. The zero-order valence-electron chi connectivity index (χ0n) is 15.3. The van der Waals surface area contributed by atoms with Crippen LogP contribution in [0.4, 0.5) is 17.5 Å². The summed E-state index contributed by atoms with van der Waals surface area (Å²) in [6, 6.07) is 17.1. The third-order valence-corrected chi connectivity index (χ3v) is 4.01. The van der Waals surface area contributed by atoms with Gasteiger partial charge in [-0.2, -0.15) is 10.1 Å². The van der Waals surface area contributed by atoms with Crippen LogP contribution in [0.1, 0.15) is 22.8 Å². The van der Waals surface area contributed by atoms with E-state index in [1.807, 2.05) is 23.1 Å². The monoisotopic (exact) mass is 363 g/mol. The van der Waals surface area contributed by atoms with Crippen molar-refractivity contribution in [2.45, 2.75) is 13.5 Å². The van der Waals surface area contributed by atoms with Crippen molar-refractivity contribution in [2.75, 3.05) is 23.9 Å². The number of hydrogen-bond donors (Lipinski definition) is 1. The molecule has 0 fully saturated rings. The Bertz CT molecular complexity index is 884. The Balaban J connectivity index is 1.73. The Kier molecular flexibility index (Phi) is 5.94. The molecule has 138 valence electrons. The van der Waals surface area contributed by atoms with Crippen molar-refractivity contribution in [1.82, 2.24) is 15.2 Å². The van der Waals surface area contributed by atoms with Gasteiger partial charge in [0.15, 0.2) is 5.82 Å². The summed E-state index contributed by atoms with van der Waals surface area (Å²) >= 11 is 0. The SMILES string of the molecule is CCN(Cc1ccccc1)c1nncc(Nc2ccc(C(=O)OC)cc2)n1. The van der Waals surface area contributed by atoms with Gasteiger partial charge in [-0.15, -0.1) is 5.10 Å². The van der Waals surface area contributed by atoms with E-state index in [1.54, 1.807) is 30.5 Å². The molecule has 3 rings (SSSR count). The fourth-order valence-electron chi connectivity index (χ4n) is 2.57. The standard InChI is InChI=1S/C20H21N5O2/c1-3-25(14-15-7-5-4-6-8-15)20-23-18(13-21-24-20)22-17-11-9-16(10-12-17)19(26)27-2/h4-13H,3,14H2,1-2H3,(H,22,23,24). The molecule has 1 N–H and O–H groups in total. The molecular formula is C20H21N5O2. The molecule has 0 unspecified atom stereocenters. The van der Waals surface area contributed by atoms with Crippen LogP contribution in [0.2, 0.25) is 0 Å². The normalized spacial score (nSPS) is 10.3. The largest absolute Gasteiger partial charge is 0.465 e. The molecule has 3 aromatic rings. The molecule has 7 nitrogen and oxygen atoms in total. The predicted molar refractivity (Wildman–Crippen MR) is 104 cm³/mol. The lowest BCUT2D eigenvalue weighted by atomic mass is 10.2. The van der Waals surface area contributed by atoms with Crippen molar-refractivity contribution < 1.29 is 9.53 Å². The smallest absolute Gasteiger partial charge is 0.337 e. The van der Waals surface area contributed by atoms with Gasteiger partial charge in [0.2, 0.25) is 5.95 Å². The van der Waals surface area contributed by atoms with Crippen LogP contribution in [-0.2, 0) is 11.3 Å². The van der Waals surface area contributed by atoms with E-state index < -0.39 is 0 Å². The third kappa shape index (κ3) is 4.78. The number of nitrogens with one attached hydrogen (secondary N) is 1. The zero-order valence-corrected chi connectivity index (χ0v) is 15.3. The minimum absolute atomic E-state index is 0.368. The molecule has 1 heterocycles. The summed E-state index contributed by atoms with van der Waals surface area (Å²) in [7, 11) is 1.36. The Hall–Kier alpha value is -3.48. The van der Waals surface area contributed by atoms with Gasteiger partial charge in [0.05, 0.1) is 18.9 Å². The van der Waals surface area contributed by atoms with Crippen LogP contribution in [0.3, 0.4) is 0 Å². The van der Waals surface area contributed by atoms with E-state index in [4.69, 9.17) is 4.74 Å².